The Kier molecular flexibility index (Phi) is 5.11. The van der Waals surface area contributed by atoms with Crippen LogP contribution in [0, 0.1) is 0 Å². The van der Waals surface area contributed by atoms with E-state index >= 15 is 0 Å². The standard InChI is InChI=1S/C20H25N5O/c26-19(24-10-1-2-11-24)18-6-4-17(5-7-18)16-23-12-14-25(15-13-23)20-21-8-3-9-22-20/h3-9H,1-2,10-16H2. The molecule has 136 valence electrons. The minimum atomic E-state index is 0.172. The summed E-state index contributed by atoms with van der Waals surface area (Å²) in [7, 11) is 0. The average molecular weight is 351 g/mol. The van der Waals surface area contributed by atoms with Gasteiger partial charge in [-0.15, -0.1) is 0 Å². The van der Waals surface area contributed by atoms with Crippen molar-refractivity contribution in [1.82, 2.24) is 19.8 Å². The van der Waals surface area contributed by atoms with Crippen molar-refractivity contribution in [3.63, 3.8) is 0 Å². The largest absolute Gasteiger partial charge is 0.339 e. The van der Waals surface area contributed by atoms with E-state index in [4.69, 9.17) is 0 Å². The topological polar surface area (TPSA) is 52.6 Å². The Morgan fingerprint density at radius 3 is 2.19 bits per heavy atom. The molecule has 2 aliphatic heterocycles. The van der Waals surface area contributed by atoms with Gasteiger partial charge in [-0.2, -0.15) is 0 Å². The zero-order chi connectivity index (χ0) is 17.8. The SMILES string of the molecule is O=C(c1ccc(CN2CCN(c3ncccn3)CC2)cc1)N1CCCC1. The molecule has 1 aromatic carbocycles. The van der Waals surface area contributed by atoms with Crippen LogP contribution >= 0.6 is 0 Å². The number of carbonyl (C=O) groups is 1. The first-order chi connectivity index (χ1) is 12.8. The van der Waals surface area contributed by atoms with Gasteiger partial charge < -0.3 is 9.80 Å². The Labute approximate surface area is 154 Å². The maximum absolute atomic E-state index is 12.4. The molecule has 6 heteroatoms. The number of carbonyl (C=O) groups excluding carboxylic acids is 1. The smallest absolute Gasteiger partial charge is 0.253 e. The highest BCUT2D eigenvalue weighted by Gasteiger charge is 2.20. The molecule has 3 heterocycles. The van der Waals surface area contributed by atoms with Gasteiger partial charge in [0, 0.05) is 63.8 Å². The van der Waals surface area contributed by atoms with Gasteiger partial charge in [0.1, 0.15) is 0 Å². The van der Waals surface area contributed by atoms with E-state index in [0.29, 0.717) is 0 Å². The lowest BCUT2D eigenvalue weighted by molar-refractivity contribution is 0.0793. The molecule has 1 aromatic heterocycles. The molecule has 2 saturated heterocycles. The Morgan fingerprint density at radius 1 is 0.885 bits per heavy atom. The molecule has 0 atom stereocenters. The highest BCUT2D eigenvalue weighted by molar-refractivity contribution is 5.94. The number of likely N-dealkylation sites (tertiary alicyclic amines) is 1. The number of amides is 1. The summed E-state index contributed by atoms with van der Waals surface area (Å²) in [4.78, 5) is 27.7. The molecule has 0 aliphatic carbocycles. The number of rotatable bonds is 4. The third-order valence-corrected chi connectivity index (χ3v) is 5.21. The highest BCUT2D eigenvalue weighted by atomic mass is 16.2. The highest BCUT2D eigenvalue weighted by Crippen LogP contribution is 2.16. The maximum Gasteiger partial charge on any atom is 0.253 e. The molecule has 6 nitrogen and oxygen atoms in total. The molecule has 1 amide bonds. The fraction of sp³-hybridized carbons (Fsp3) is 0.450. The van der Waals surface area contributed by atoms with E-state index in [1.165, 1.54) is 5.56 Å². The van der Waals surface area contributed by atoms with Gasteiger partial charge in [-0.1, -0.05) is 12.1 Å². The van der Waals surface area contributed by atoms with Gasteiger partial charge in [-0.25, -0.2) is 9.97 Å². The summed E-state index contributed by atoms with van der Waals surface area (Å²) in [5.41, 5.74) is 2.06. The van der Waals surface area contributed by atoms with Crippen LogP contribution in [0.15, 0.2) is 42.7 Å². The van der Waals surface area contributed by atoms with Crippen molar-refractivity contribution in [2.75, 3.05) is 44.2 Å². The van der Waals surface area contributed by atoms with Crippen molar-refractivity contribution in [1.29, 1.82) is 0 Å². The van der Waals surface area contributed by atoms with E-state index in [1.807, 2.05) is 23.1 Å². The first-order valence-corrected chi connectivity index (χ1v) is 9.42. The summed E-state index contributed by atoms with van der Waals surface area (Å²) in [6, 6.07) is 9.98. The molecular formula is C20H25N5O. The number of piperazine rings is 1. The minimum Gasteiger partial charge on any atom is -0.339 e. The van der Waals surface area contributed by atoms with Crippen LogP contribution in [-0.2, 0) is 6.54 Å². The number of benzene rings is 1. The summed E-state index contributed by atoms with van der Waals surface area (Å²) < 4.78 is 0. The summed E-state index contributed by atoms with van der Waals surface area (Å²) in [6.07, 6.45) is 5.84. The summed E-state index contributed by atoms with van der Waals surface area (Å²) in [5.74, 6) is 0.988. The fourth-order valence-electron chi connectivity index (χ4n) is 3.67. The molecule has 0 unspecified atom stereocenters. The summed E-state index contributed by atoms with van der Waals surface area (Å²) in [5, 5.41) is 0. The second-order valence-electron chi connectivity index (χ2n) is 7.01. The number of anilines is 1. The van der Waals surface area contributed by atoms with E-state index < -0.39 is 0 Å². The first kappa shape index (κ1) is 17.0. The second kappa shape index (κ2) is 7.83. The van der Waals surface area contributed by atoms with Gasteiger partial charge in [-0.05, 0) is 36.6 Å². The van der Waals surface area contributed by atoms with Crippen molar-refractivity contribution in [3.05, 3.63) is 53.9 Å². The van der Waals surface area contributed by atoms with Crippen molar-refractivity contribution >= 4 is 11.9 Å². The summed E-state index contributed by atoms with van der Waals surface area (Å²) >= 11 is 0. The monoisotopic (exact) mass is 351 g/mol. The Bertz CT molecular complexity index is 720. The molecule has 2 aromatic rings. The van der Waals surface area contributed by atoms with Crippen LogP contribution in [0.5, 0.6) is 0 Å². The summed E-state index contributed by atoms with van der Waals surface area (Å²) in [6.45, 7) is 6.58. The van der Waals surface area contributed by atoms with Gasteiger partial charge in [0.25, 0.3) is 5.91 Å². The van der Waals surface area contributed by atoms with Crippen LogP contribution in [0.3, 0.4) is 0 Å². The Balaban J connectivity index is 1.30. The third-order valence-electron chi connectivity index (χ3n) is 5.21. The number of aromatic nitrogens is 2. The molecule has 0 N–H and O–H groups in total. The fourth-order valence-corrected chi connectivity index (χ4v) is 3.67. The minimum absolute atomic E-state index is 0.172. The molecule has 0 spiro atoms. The number of hydrogen-bond donors (Lipinski definition) is 0. The predicted octanol–water partition coefficient (Wildman–Crippen LogP) is 2.03. The molecule has 2 aliphatic rings. The lowest BCUT2D eigenvalue weighted by Gasteiger charge is -2.34. The predicted molar refractivity (Wildman–Crippen MR) is 101 cm³/mol. The zero-order valence-electron chi connectivity index (χ0n) is 15.0. The first-order valence-electron chi connectivity index (χ1n) is 9.42. The Hall–Kier alpha value is -2.47. The Morgan fingerprint density at radius 2 is 1.54 bits per heavy atom. The average Bonchev–Trinajstić information content (AvgIpc) is 3.24. The van der Waals surface area contributed by atoms with E-state index in [0.717, 1.165) is 70.2 Å². The van der Waals surface area contributed by atoms with Crippen LogP contribution in [0.4, 0.5) is 5.95 Å². The molecule has 26 heavy (non-hydrogen) atoms. The van der Waals surface area contributed by atoms with Crippen LogP contribution in [-0.4, -0.2) is 64.9 Å². The second-order valence-corrected chi connectivity index (χ2v) is 7.01. The van der Waals surface area contributed by atoms with Gasteiger partial charge in [0.05, 0.1) is 0 Å². The third kappa shape index (κ3) is 3.85. The van der Waals surface area contributed by atoms with Crippen LogP contribution in [0.1, 0.15) is 28.8 Å². The molecule has 0 saturated carbocycles. The van der Waals surface area contributed by atoms with Crippen LogP contribution in [0.2, 0.25) is 0 Å². The van der Waals surface area contributed by atoms with Gasteiger partial charge in [0.15, 0.2) is 0 Å². The normalized spacial score (nSPS) is 18.3. The zero-order valence-corrected chi connectivity index (χ0v) is 15.0. The van der Waals surface area contributed by atoms with Crippen LogP contribution < -0.4 is 4.90 Å². The quantitative estimate of drug-likeness (QED) is 0.844. The molecule has 4 rings (SSSR count). The van der Waals surface area contributed by atoms with Gasteiger partial charge in [-0.3, -0.25) is 9.69 Å². The van der Waals surface area contributed by atoms with Gasteiger partial charge >= 0.3 is 0 Å². The molecular weight excluding hydrogens is 326 g/mol. The van der Waals surface area contributed by atoms with Gasteiger partial charge in [0.2, 0.25) is 5.95 Å². The van der Waals surface area contributed by atoms with E-state index in [2.05, 4.69) is 31.9 Å². The lowest BCUT2D eigenvalue weighted by atomic mass is 10.1. The van der Waals surface area contributed by atoms with Crippen molar-refractivity contribution in [3.8, 4) is 0 Å². The lowest BCUT2D eigenvalue weighted by Crippen LogP contribution is -2.46. The number of nitrogens with zero attached hydrogens (tertiary/aromatic N) is 5. The van der Waals surface area contributed by atoms with E-state index in [1.54, 1.807) is 12.4 Å². The molecule has 2 fully saturated rings. The maximum atomic E-state index is 12.4. The molecule has 0 bridgehead atoms. The molecule has 0 radical (unpaired) electrons. The van der Waals surface area contributed by atoms with Crippen LogP contribution in [0.25, 0.3) is 0 Å². The van der Waals surface area contributed by atoms with Crippen molar-refractivity contribution in [2.45, 2.75) is 19.4 Å². The van der Waals surface area contributed by atoms with Crippen molar-refractivity contribution in [2.24, 2.45) is 0 Å². The van der Waals surface area contributed by atoms with E-state index in [-0.39, 0.29) is 5.91 Å². The van der Waals surface area contributed by atoms with E-state index in [9.17, 15) is 4.79 Å². The van der Waals surface area contributed by atoms with Crippen molar-refractivity contribution < 1.29 is 4.79 Å². The number of hydrogen-bond acceptors (Lipinski definition) is 5.